The van der Waals surface area contributed by atoms with Crippen molar-refractivity contribution in [3.8, 4) is 0 Å². The van der Waals surface area contributed by atoms with Crippen molar-refractivity contribution in [1.82, 2.24) is 15.5 Å². The highest BCUT2D eigenvalue weighted by Gasteiger charge is 2.26. The van der Waals surface area contributed by atoms with Crippen LogP contribution in [0.4, 0.5) is 5.69 Å². The quantitative estimate of drug-likeness (QED) is 0.425. The number of amides is 2. The molecule has 0 saturated carbocycles. The molecule has 0 unspecified atom stereocenters. The maximum absolute atomic E-state index is 13.0. The summed E-state index contributed by atoms with van der Waals surface area (Å²) < 4.78 is 0. The molecule has 1 aliphatic rings. The smallest absolute Gasteiger partial charge is 0.270 e. The van der Waals surface area contributed by atoms with Crippen molar-refractivity contribution in [3.63, 3.8) is 0 Å². The molecule has 2 N–H and O–H groups in total. The number of benzene rings is 2. The van der Waals surface area contributed by atoms with Gasteiger partial charge < -0.3 is 10.6 Å². The topological polar surface area (TPSA) is 105 Å². The van der Waals surface area contributed by atoms with Gasteiger partial charge in [0.1, 0.15) is 6.04 Å². The molecule has 0 radical (unpaired) electrons. The van der Waals surface area contributed by atoms with Crippen LogP contribution >= 0.6 is 11.6 Å². The van der Waals surface area contributed by atoms with Crippen molar-refractivity contribution in [2.75, 3.05) is 13.1 Å². The monoisotopic (exact) mass is 472 g/mol. The Bertz CT molecular complexity index is 1020. The van der Waals surface area contributed by atoms with Crippen LogP contribution in [0, 0.1) is 16.0 Å². The van der Waals surface area contributed by atoms with Crippen molar-refractivity contribution in [2.45, 2.75) is 45.8 Å². The lowest BCUT2D eigenvalue weighted by molar-refractivity contribution is -0.384. The van der Waals surface area contributed by atoms with E-state index in [1.807, 2.05) is 32.0 Å². The third-order valence-electron chi connectivity index (χ3n) is 5.81. The van der Waals surface area contributed by atoms with E-state index in [2.05, 4.69) is 21.6 Å². The Morgan fingerprint density at radius 3 is 2.39 bits per heavy atom. The van der Waals surface area contributed by atoms with Gasteiger partial charge in [-0.3, -0.25) is 24.6 Å². The summed E-state index contributed by atoms with van der Waals surface area (Å²) in [6.07, 6.45) is 2.43. The van der Waals surface area contributed by atoms with Crippen LogP contribution < -0.4 is 10.6 Å². The molecule has 9 heteroatoms. The van der Waals surface area contributed by atoms with Crippen molar-refractivity contribution >= 4 is 29.1 Å². The van der Waals surface area contributed by atoms with Gasteiger partial charge in [-0.2, -0.15) is 0 Å². The number of non-ortho nitro benzene ring substituents is 1. The van der Waals surface area contributed by atoms with E-state index in [0.29, 0.717) is 6.54 Å². The van der Waals surface area contributed by atoms with Gasteiger partial charge in [0.25, 0.3) is 11.6 Å². The third kappa shape index (κ3) is 6.52. The summed E-state index contributed by atoms with van der Waals surface area (Å²) in [6.45, 7) is 7.07. The average molecular weight is 473 g/mol. The summed E-state index contributed by atoms with van der Waals surface area (Å²) >= 11 is 6.07. The lowest BCUT2D eigenvalue weighted by atomic mass is 10.0. The van der Waals surface area contributed by atoms with E-state index in [1.54, 1.807) is 0 Å². The van der Waals surface area contributed by atoms with Gasteiger partial charge in [0.15, 0.2) is 0 Å². The predicted octanol–water partition coefficient (Wildman–Crippen LogP) is 3.91. The van der Waals surface area contributed by atoms with Crippen LogP contribution in [0.15, 0.2) is 42.5 Å². The largest absolute Gasteiger partial charge is 0.350 e. The summed E-state index contributed by atoms with van der Waals surface area (Å²) in [5, 5.41) is 16.5. The fourth-order valence-corrected chi connectivity index (χ4v) is 4.17. The summed E-state index contributed by atoms with van der Waals surface area (Å²) in [5.41, 5.74) is 2.10. The first kappa shape index (κ1) is 24.7. The van der Waals surface area contributed by atoms with Crippen LogP contribution in [0.1, 0.15) is 48.2 Å². The minimum Gasteiger partial charge on any atom is -0.350 e. The Hall–Kier alpha value is -2.97. The second-order valence-corrected chi connectivity index (χ2v) is 8.99. The Kier molecular flexibility index (Phi) is 8.41. The van der Waals surface area contributed by atoms with Gasteiger partial charge in [-0.05, 0) is 49.0 Å². The number of hydrogen-bond acceptors (Lipinski definition) is 5. The summed E-state index contributed by atoms with van der Waals surface area (Å²) in [6, 6.07) is 10.9. The Labute approximate surface area is 198 Å². The number of halogens is 1. The molecule has 33 heavy (non-hydrogen) atoms. The van der Waals surface area contributed by atoms with Gasteiger partial charge in [-0.1, -0.05) is 49.7 Å². The number of carbonyl (C=O) groups excluding carboxylic acids is 2. The molecule has 3 rings (SSSR count). The lowest BCUT2D eigenvalue weighted by Gasteiger charge is -2.23. The second-order valence-electron chi connectivity index (χ2n) is 8.59. The minimum absolute atomic E-state index is 0.0412. The van der Waals surface area contributed by atoms with E-state index in [0.717, 1.165) is 31.3 Å². The SMILES string of the molecule is CC(C)[C@H](NC(=O)c1ccc([N+](=O)[O-])cc1Cl)C(=O)NCc1ccccc1CN1CCCC1. The molecule has 1 fully saturated rings. The van der Waals surface area contributed by atoms with E-state index in [1.165, 1.54) is 30.5 Å². The van der Waals surface area contributed by atoms with Crippen molar-refractivity contribution < 1.29 is 14.5 Å². The standard InChI is InChI=1S/C24H29ClN4O4/c1-16(2)22(27-23(30)20-10-9-19(29(32)33)13-21(20)25)24(31)26-14-17-7-3-4-8-18(17)15-28-11-5-6-12-28/h3-4,7-10,13,16,22H,5-6,11-12,14-15H2,1-2H3,(H,26,31)(H,27,30)/t22-/m0/s1. The second kappa shape index (κ2) is 11.2. The van der Waals surface area contributed by atoms with E-state index < -0.39 is 16.9 Å². The van der Waals surface area contributed by atoms with Crippen LogP contribution in [0.25, 0.3) is 0 Å². The maximum Gasteiger partial charge on any atom is 0.270 e. The van der Waals surface area contributed by atoms with Gasteiger partial charge >= 0.3 is 0 Å². The zero-order chi connectivity index (χ0) is 24.0. The third-order valence-corrected chi connectivity index (χ3v) is 6.12. The van der Waals surface area contributed by atoms with Crippen LogP contribution in [0.3, 0.4) is 0 Å². The maximum atomic E-state index is 13.0. The zero-order valence-corrected chi connectivity index (χ0v) is 19.6. The highest BCUT2D eigenvalue weighted by molar-refractivity contribution is 6.34. The Morgan fingerprint density at radius 1 is 1.12 bits per heavy atom. The first-order valence-corrected chi connectivity index (χ1v) is 11.5. The molecular weight excluding hydrogens is 444 g/mol. The van der Waals surface area contributed by atoms with Gasteiger partial charge in [-0.25, -0.2) is 0 Å². The van der Waals surface area contributed by atoms with E-state index >= 15 is 0 Å². The number of likely N-dealkylation sites (tertiary alicyclic amines) is 1. The van der Waals surface area contributed by atoms with Crippen LogP contribution in [0.2, 0.25) is 5.02 Å². The number of carbonyl (C=O) groups is 2. The van der Waals surface area contributed by atoms with E-state index in [-0.39, 0.29) is 28.1 Å². The molecule has 2 aromatic carbocycles. The molecule has 0 aliphatic carbocycles. The van der Waals surface area contributed by atoms with Crippen LogP contribution in [0.5, 0.6) is 0 Å². The fourth-order valence-electron chi connectivity index (χ4n) is 3.91. The number of nitrogens with one attached hydrogen (secondary N) is 2. The van der Waals surface area contributed by atoms with Crippen molar-refractivity contribution in [2.24, 2.45) is 5.92 Å². The Balaban J connectivity index is 1.65. The summed E-state index contributed by atoms with van der Waals surface area (Å²) in [7, 11) is 0. The number of nitro groups is 1. The molecule has 1 atom stereocenters. The molecule has 1 aliphatic heterocycles. The number of nitro benzene ring substituents is 1. The fraction of sp³-hybridized carbons (Fsp3) is 0.417. The molecule has 1 heterocycles. The number of rotatable bonds is 9. The predicted molar refractivity (Wildman–Crippen MR) is 127 cm³/mol. The molecule has 8 nitrogen and oxygen atoms in total. The van der Waals surface area contributed by atoms with Gasteiger partial charge in [-0.15, -0.1) is 0 Å². The number of hydrogen-bond donors (Lipinski definition) is 2. The summed E-state index contributed by atoms with van der Waals surface area (Å²) in [5.74, 6) is -1.03. The lowest BCUT2D eigenvalue weighted by Crippen LogP contribution is -2.49. The summed E-state index contributed by atoms with van der Waals surface area (Å²) in [4.78, 5) is 38.4. The molecule has 0 aromatic heterocycles. The average Bonchev–Trinajstić information content (AvgIpc) is 3.29. The highest BCUT2D eigenvalue weighted by Crippen LogP contribution is 2.23. The molecule has 2 amide bonds. The van der Waals surface area contributed by atoms with Gasteiger partial charge in [0.05, 0.1) is 15.5 Å². The van der Waals surface area contributed by atoms with Crippen LogP contribution in [-0.4, -0.2) is 40.8 Å². The molecule has 2 aromatic rings. The number of nitrogens with zero attached hydrogens (tertiary/aromatic N) is 2. The van der Waals surface area contributed by atoms with E-state index in [9.17, 15) is 19.7 Å². The molecule has 1 saturated heterocycles. The van der Waals surface area contributed by atoms with Crippen molar-refractivity contribution in [1.29, 1.82) is 0 Å². The molecule has 0 bridgehead atoms. The molecular formula is C24H29ClN4O4. The highest BCUT2D eigenvalue weighted by atomic mass is 35.5. The van der Waals surface area contributed by atoms with Crippen LogP contribution in [-0.2, 0) is 17.9 Å². The van der Waals surface area contributed by atoms with Crippen molar-refractivity contribution in [3.05, 3.63) is 74.3 Å². The normalized spacial score (nSPS) is 14.8. The van der Waals surface area contributed by atoms with Gasteiger partial charge in [0.2, 0.25) is 5.91 Å². The first-order valence-electron chi connectivity index (χ1n) is 11.1. The Morgan fingerprint density at radius 2 is 1.79 bits per heavy atom. The molecule has 0 spiro atoms. The van der Waals surface area contributed by atoms with E-state index in [4.69, 9.17) is 11.6 Å². The van der Waals surface area contributed by atoms with Gasteiger partial charge in [0, 0.05) is 25.2 Å². The first-order chi connectivity index (χ1) is 15.8. The zero-order valence-electron chi connectivity index (χ0n) is 18.8. The molecule has 176 valence electrons. The minimum atomic E-state index is -0.783.